The van der Waals surface area contributed by atoms with Crippen molar-refractivity contribution in [2.24, 2.45) is 0 Å². The first-order chi connectivity index (χ1) is 18.0. The number of phenols is 1. The maximum absolute atomic E-state index is 10.2. The van der Waals surface area contributed by atoms with Gasteiger partial charge in [-0.15, -0.1) is 0 Å². The Morgan fingerprint density at radius 2 is 1.68 bits per heavy atom. The van der Waals surface area contributed by atoms with Crippen LogP contribution in [0.1, 0.15) is 44.2 Å². The third-order valence-electron chi connectivity index (χ3n) is 5.39. The number of halogens is 2. The smallest absolute Gasteiger partial charge is 0.141 e. The second-order valence-corrected chi connectivity index (χ2v) is 9.07. The average molecular weight is 549 g/mol. The van der Waals surface area contributed by atoms with E-state index in [-0.39, 0.29) is 10.2 Å². The number of phenolic OH excluding ortho intramolecular Hbond substituents is 1. The molecule has 2 aromatic carbocycles. The number of hydrogen-bond acceptors (Lipinski definition) is 6. The molecule has 0 bridgehead atoms. The highest BCUT2D eigenvalue weighted by molar-refractivity contribution is 6.55. The van der Waals surface area contributed by atoms with E-state index in [1.165, 1.54) is 0 Å². The molecule has 0 spiro atoms. The molecule has 0 atom stereocenters. The van der Waals surface area contributed by atoms with E-state index in [9.17, 15) is 9.90 Å². The van der Waals surface area contributed by atoms with E-state index in [1.807, 2.05) is 30.3 Å². The molecule has 8 heteroatoms. The summed E-state index contributed by atoms with van der Waals surface area (Å²) < 4.78 is 17.3. The minimum Gasteiger partial charge on any atom is -0.506 e. The molecule has 37 heavy (non-hydrogen) atoms. The number of benzene rings is 2. The summed E-state index contributed by atoms with van der Waals surface area (Å²) in [5.41, 5.74) is 2.92. The molecule has 0 amide bonds. The first-order valence-electron chi connectivity index (χ1n) is 12.5. The zero-order valence-corrected chi connectivity index (χ0v) is 22.9. The van der Waals surface area contributed by atoms with Gasteiger partial charge in [0.25, 0.3) is 0 Å². The quantitative estimate of drug-likeness (QED) is 0.169. The van der Waals surface area contributed by atoms with Gasteiger partial charge < -0.3 is 24.1 Å². The highest BCUT2D eigenvalue weighted by atomic mass is 35.5. The van der Waals surface area contributed by atoms with Crippen LogP contribution in [0.25, 0.3) is 10.9 Å². The molecule has 0 saturated carbocycles. The zero-order chi connectivity index (χ0) is 26.9. The molecule has 3 aromatic rings. The second kappa shape index (κ2) is 17.6. The number of aromatic nitrogens is 1. The molecule has 1 aromatic heterocycles. The van der Waals surface area contributed by atoms with E-state index in [2.05, 4.69) is 18.8 Å². The topological polar surface area (TPSA) is 77.9 Å². The molecule has 0 aliphatic rings. The Bertz CT molecular complexity index is 1100. The van der Waals surface area contributed by atoms with E-state index >= 15 is 0 Å². The van der Waals surface area contributed by atoms with Gasteiger partial charge in [-0.05, 0) is 67.2 Å². The summed E-state index contributed by atoms with van der Waals surface area (Å²) in [5, 5.41) is 10.3. The van der Waals surface area contributed by atoms with Crippen LogP contribution in [0.4, 0.5) is 0 Å². The Morgan fingerprint density at radius 1 is 0.973 bits per heavy atom. The summed E-state index contributed by atoms with van der Waals surface area (Å²) in [6.45, 7) is 6.32. The molecular weight excluding hydrogens is 513 g/mol. The Hall–Kier alpha value is -2.80. The third-order valence-corrected chi connectivity index (χ3v) is 5.70. The summed E-state index contributed by atoms with van der Waals surface area (Å²) in [6, 6.07) is 13.1. The number of ether oxygens (including phenoxy) is 3. The van der Waals surface area contributed by atoms with Gasteiger partial charge in [-0.3, -0.25) is 4.98 Å². The molecular formula is C29H35Cl2NO5. The van der Waals surface area contributed by atoms with E-state index in [1.54, 1.807) is 24.4 Å². The van der Waals surface area contributed by atoms with Crippen LogP contribution >= 0.6 is 23.2 Å². The van der Waals surface area contributed by atoms with Crippen LogP contribution in [0.5, 0.6) is 17.2 Å². The maximum Gasteiger partial charge on any atom is 0.141 e. The van der Waals surface area contributed by atoms with Crippen LogP contribution in [0.3, 0.4) is 0 Å². The Morgan fingerprint density at radius 3 is 2.32 bits per heavy atom. The van der Waals surface area contributed by atoms with Crippen molar-refractivity contribution in [1.29, 1.82) is 0 Å². The van der Waals surface area contributed by atoms with E-state index in [4.69, 9.17) is 37.4 Å². The van der Waals surface area contributed by atoms with Crippen LogP contribution in [-0.4, -0.2) is 42.8 Å². The Kier molecular flexibility index (Phi) is 14.5. The van der Waals surface area contributed by atoms with Gasteiger partial charge in [0.2, 0.25) is 0 Å². The van der Waals surface area contributed by atoms with Crippen LogP contribution in [0, 0.1) is 0 Å². The summed E-state index contributed by atoms with van der Waals surface area (Å²) in [6.07, 6.45) is 8.15. The van der Waals surface area contributed by atoms with Crippen molar-refractivity contribution in [3.63, 3.8) is 0 Å². The molecule has 0 unspecified atom stereocenters. The van der Waals surface area contributed by atoms with Gasteiger partial charge in [-0.2, -0.15) is 0 Å². The minimum atomic E-state index is 0.200. The molecule has 0 aliphatic carbocycles. The number of fused-ring (bicyclic) bond motifs is 1. The summed E-state index contributed by atoms with van der Waals surface area (Å²) in [7, 11) is 0. The summed E-state index contributed by atoms with van der Waals surface area (Å²) >= 11 is 11.2. The van der Waals surface area contributed by atoms with Crippen molar-refractivity contribution in [3.05, 3.63) is 70.4 Å². The largest absolute Gasteiger partial charge is 0.506 e. The molecule has 0 saturated heterocycles. The Labute approximate surface area is 229 Å². The number of carbonyl (C=O) groups is 1. The number of hydrogen-bond donors (Lipinski definition) is 1. The van der Waals surface area contributed by atoms with Crippen molar-refractivity contribution in [3.8, 4) is 17.2 Å². The normalized spacial score (nSPS) is 10.4. The average Bonchev–Trinajstić information content (AvgIpc) is 2.90. The molecule has 1 heterocycles. The monoisotopic (exact) mass is 547 g/mol. The molecule has 6 nitrogen and oxygen atoms in total. The van der Waals surface area contributed by atoms with Crippen molar-refractivity contribution in [1.82, 2.24) is 4.98 Å². The highest BCUT2D eigenvalue weighted by Gasteiger charge is 2.11. The fourth-order valence-electron chi connectivity index (χ4n) is 3.52. The van der Waals surface area contributed by atoms with Gasteiger partial charge in [0, 0.05) is 24.6 Å². The standard InChI is InChI=1S/C20H28Cl2O4.C9H7NO/c1-3-16-14-18(25-13-8-19(21)22)15-17(4-2)20(16)26-12-6-5-10-24-11-7-9-23;11-8-5-1-3-7-4-2-6-10-9(7)8/h8-9,14-15H,3-7,10-13H2,1-2H3;1-6,11H. The number of pyridine rings is 1. The van der Waals surface area contributed by atoms with E-state index in [0.717, 1.165) is 60.0 Å². The number of rotatable bonds is 14. The summed E-state index contributed by atoms with van der Waals surface area (Å²) in [5.74, 6) is 1.98. The number of aromatic hydroxyl groups is 1. The molecule has 0 aliphatic heterocycles. The predicted octanol–water partition coefficient (Wildman–Crippen LogP) is 7.21. The Balaban J connectivity index is 0.000000358. The molecule has 200 valence electrons. The molecule has 0 radical (unpaired) electrons. The minimum absolute atomic E-state index is 0.200. The molecule has 3 rings (SSSR count). The van der Waals surface area contributed by atoms with Gasteiger partial charge in [0.15, 0.2) is 0 Å². The second-order valence-electron chi connectivity index (χ2n) is 8.06. The maximum atomic E-state index is 10.2. The van der Waals surface area contributed by atoms with Gasteiger partial charge in [-0.1, -0.05) is 55.2 Å². The predicted molar refractivity (Wildman–Crippen MR) is 150 cm³/mol. The summed E-state index contributed by atoms with van der Waals surface area (Å²) in [4.78, 5) is 14.2. The van der Waals surface area contributed by atoms with Crippen LogP contribution in [-0.2, 0) is 22.4 Å². The zero-order valence-electron chi connectivity index (χ0n) is 21.4. The lowest BCUT2D eigenvalue weighted by Crippen LogP contribution is -2.06. The third kappa shape index (κ3) is 11.0. The van der Waals surface area contributed by atoms with Gasteiger partial charge >= 0.3 is 0 Å². The van der Waals surface area contributed by atoms with E-state index in [0.29, 0.717) is 38.4 Å². The number of aldehydes is 1. The van der Waals surface area contributed by atoms with Crippen LogP contribution < -0.4 is 9.47 Å². The lowest BCUT2D eigenvalue weighted by molar-refractivity contribution is -0.108. The van der Waals surface area contributed by atoms with Gasteiger partial charge in [0.1, 0.15) is 40.1 Å². The first-order valence-corrected chi connectivity index (χ1v) is 13.2. The van der Waals surface area contributed by atoms with Crippen molar-refractivity contribution < 1.29 is 24.1 Å². The molecule has 1 N–H and O–H groups in total. The van der Waals surface area contributed by atoms with Gasteiger partial charge in [0.05, 0.1) is 13.2 Å². The SMILES string of the molecule is CCc1cc(OCC=C(Cl)Cl)cc(CC)c1OCCCCOCCC=O.Oc1cccc2cccnc12. The number of para-hydroxylation sites is 1. The van der Waals surface area contributed by atoms with Crippen molar-refractivity contribution in [2.45, 2.75) is 46.0 Å². The van der Waals surface area contributed by atoms with Crippen molar-refractivity contribution in [2.75, 3.05) is 26.4 Å². The fraction of sp³-hybridized carbons (Fsp3) is 0.379. The lowest BCUT2D eigenvalue weighted by atomic mass is 10.0. The highest BCUT2D eigenvalue weighted by Crippen LogP contribution is 2.31. The number of nitrogens with zero attached hydrogens (tertiary/aromatic N) is 1. The van der Waals surface area contributed by atoms with E-state index < -0.39 is 0 Å². The van der Waals surface area contributed by atoms with Gasteiger partial charge in [-0.25, -0.2) is 0 Å². The number of aryl methyl sites for hydroxylation is 2. The fourth-order valence-corrected chi connectivity index (χ4v) is 3.65. The van der Waals surface area contributed by atoms with Crippen LogP contribution in [0.2, 0.25) is 0 Å². The van der Waals surface area contributed by atoms with Crippen molar-refractivity contribution >= 4 is 40.4 Å². The number of carbonyl (C=O) groups excluding carboxylic acids is 1. The lowest BCUT2D eigenvalue weighted by Gasteiger charge is -2.17. The number of unbranched alkanes of at least 4 members (excludes halogenated alkanes) is 1. The molecule has 0 fully saturated rings. The first kappa shape index (κ1) is 30.4. The van der Waals surface area contributed by atoms with Crippen LogP contribution in [0.15, 0.2) is 59.2 Å².